The summed E-state index contributed by atoms with van der Waals surface area (Å²) in [5.41, 5.74) is 6.96. The molecule has 0 aliphatic carbocycles. The number of nitrogen functional groups attached to an aromatic ring is 1. The second kappa shape index (κ2) is 7.01. The van der Waals surface area contributed by atoms with Gasteiger partial charge < -0.3 is 15.2 Å². The fourth-order valence-corrected chi connectivity index (χ4v) is 2.81. The van der Waals surface area contributed by atoms with Gasteiger partial charge in [0.05, 0.1) is 29.9 Å². The fraction of sp³-hybridized carbons (Fsp3) is 0.462. The largest absolute Gasteiger partial charge is 0.495 e. The summed E-state index contributed by atoms with van der Waals surface area (Å²) in [5.74, 6) is 0.662. The van der Waals surface area contributed by atoms with E-state index in [2.05, 4.69) is 4.98 Å². The van der Waals surface area contributed by atoms with Gasteiger partial charge in [-0.15, -0.1) is 11.8 Å². The number of hydrogen-bond acceptors (Lipinski definition) is 6. The molecule has 0 amide bonds. The summed E-state index contributed by atoms with van der Waals surface area (Å²) in [6, 6.07) is 0. The first-order valence-electron chi connectivity index (χ1n) is 6.18. The maximum absolute atomic E-state index is 12.0. The zero-order chi connectivity index (χ0) is 15.3. The zero-order valence-electron chi connectivity index (χ0n) is 12.0. The first kappa shape index (κ1) is 16.1. The van der Waals surface area contributed by atoms with Gasteiger partial charge >= 0.3 is 11.7 Å². The van der Waals surface area contributed by atoms with Gasteiger partial charge in [-0.3, -0.25) is 0 Å². The SMILES string of the molecule is CCOC(=O)c1c(N)c(SCC)c(OC)c(C)c1[N+]#N. The van der Waals surface area contributed by atoms with E-state index in [-0.39, 0.29) is 23.5 Å². The van der Waals surface area contributed by atoms with Crippen molar-refractivity contribution in [1.29, 1.82) is 5.39 Å². The second-order valence-corrected chi connectivity index (χ2v) is 5.15. The van der Waals surface area contributed by atoms with Crippen molar-refractivity contribution in [3.63, 3.8) is 0 Å². The molecule has 0 aliphatic rings. The van der Waals surface area contributed by atoms with Gasteiger partial charge in [-0.05, 0) is 19.6 Å². The number of thioether (sulfide) groups is 1. The number of carbonyl (C=O) groups excluding carboxylic acids is 1. The molecule has 0 aromatic heterocycles. The molecule has 20 heavy (non-hydrogen) atoms. The molecule has 1 aromatic rings. The van der Waals surface area contributed by atoms with Crippen molar-refractivity contribution in [2.24, 2.45) is 0 Å². The number of anilines is 1. The molecule has 0 fully saturated rings. The van der Waals surface area contributed by atoms with Gasteiger partial charge in [0.25, 0.3) is 0 Å². The predicted octanol–water partition coefficient (Wildman–Crippen LogP) is 3.36. The van der Waals surface area contributed by atoms with Crippen molar-refractivity contribution in [2.75, 3.05) is 25.2 Å². The van der Waals surface area contributed by atoms with Crippen molar-refractivity contribution in [3.8, 4) is 5.75 Å². The van der Waals surface area contributed by atoms with Crippen LogP contribution in [0, 0.1) is 12.3 Å². The van der Waals surface area contributed by atoms with Crippen LogP contribution >= 0.6 is 11.8 Å². The molecule has 0 heterocycles. The Balaban J connectivity index is 3.66. The molecule has 6 nitrogen and oxygen atoms in total. The van der Waals surface area contributed by atoms with Crippen molar-refractivity contribution < 1.29 is 14.3 Å². The average Bonchev–Trinajstić information content (AvgIpc) is 2.42. The lowest BCUT2D eigenvalue weighted by molar-refractivity contribution is 0.0528. The number of hydrogen-bond donors (Lipinski definition) is 1. The van der Waals surface area contributed by atoms with Crippen molar-refractivity contribution in [3.05, 3.63) is 16.1 Å². The molecule has 1 aromatic carbocycles. The third-order valence-corrected chi connectivity index (χ3v) is 3.71. The summed E-state index contributed by atoms with van der Waals surface area (Å²) in [6.07, 6.45) is 0. The number of ether oxygens (including phenoxy) is 2. The Kier molecular flexibility index (Phi) is 5.65. The Hall–Kier alpha value is -1.94. The number of diazo groups is 1. The van der Waals surface area contributed by atoms with Crippen LogP contribution in [0.25, 0.3) is 4.98 Å². The number of nitrogens with zero attached hydrogens (tertiary/aromatic N) is 2. The summed E-state index contributed by atoms with van der Waals surface area (Å²) >= 11 is 1.46. The van der Waals surface area contributed by atoms with E-state index in [1.54, 1.807) is 13.8 Å². The number of benzene rings is 1. The molecule has 0 saturated heterocycles. The van der Waals surface area contributed by atoms with Gasteiger partial charge in [0.2, 0.25) is 5.39 Å². The predicted molar refractivity (Wildman–Crippen MR) is 79.2 cm³/mol. The number of carbonyl (C=O) groups is 1. The summed E-state index contributed by atoms with van der Waals surface area (Å²) in [6.45, 7) is 5.58. The van der Waals surface area contributed by atoms with E-state index >= 15 is 0 Å². The molecular formula is C13H18N3O3S+. The third kappa shape index (κ3) is 2.80. The first-order chi connectivity index (χ1) is 9.53. The smallest absolute Gasteiger partial charge is 0.408 e. The lowest BCUT2D eigenvalue weighted by Gasteiger charge is -2.14. The highest BCUT2D eigenvalue weighted by atomic mass is 32.2. The van der Waals surface area contributed by atoms with E-state index in [4.69, 9.17) is 15.2 Å². The summed E-state index contributed by atoms with van der Waals surface area (Å²) in [4.78, 5) is 15.9. The average molecular weight is 296 g/mol. The fourth-order valence-electron chi connectivity index (χ4n) is 1.90. The Bertz CT molecular complexity index is 567. The Labute approximate surface area is 122 Å². The third-order valence-electron chi connectivity index (χ3n) is 2.73. The quantitative estimate of drug-likeness (QED) is 0.388. The van der Waals surface area contributed by atoms with Crippen LogP contribution < -0.4 is 10.5 Å². The molecule has 1 rings (SSSR count). The first-order valence-corrected chi connectivity index (χ1v) is 7.16. The van der Waals surface area contributed by atoms with Crippen molar-refractivity contribution in [2.45, 2.75) is 25.7 Å². The van der Waals surface area contributed by atoms with Crippen LogP contribution in [-0.4, -0.2) is 25.4 Å². The molecule has 7 heteroatoms. The van der Waals surface area contributed by atoms with E-state index in [0.29, 0.717) is 16.2 Å². The van der Waals surface area contributed by atoms with Crippen LogP contribution in [0.15, 0.2) is 4.90 Å². The van der Waals surface area contributed by atoms with Crippen LogP contribution in [0.4, 0.5) is 11.4 Å². The standard InChI is InChI=1S/C13H17N3O3S/c1-5-19-13(17)8-9(14)12(20-6-2)11(18-4)7(3)10(8)16-15/h5-6H2,1-4H3,(H-,14,17)/p+1. The lowest BCUT2D eigenvalue weighted by Crippen LogP contribution is -2.11. The van der Waals surface area contributed by atoms with Gasteiger partial charge in [0.15, 0.2) is 10.5 Å². The van der Waals surface area contributed by atoms with E-state index < -0.39 is 5.97 Å². The molecule has 0 atom stereocenters. The minimum absolute atomic E-state index is 0.0728. The van der Waals surface area contributed by atoms with Crippen LogP contribution in [0.3, 0.4) is 0 Å². The van der Waals surface area contributed by atoms with Crippen LogP contribution in [0.2, 0.25) is 0 Å². The highest BCUT2D eigenvalue weighted by Gasteiger charge is 2.34. The molecule has 0 radical (unpaired) electrons. The maximum atomic E-state index is 12.0. The topological polar surface area (TPSA) is 89.7 Å². The lowest BCUT2D eigenvalue weighted by atomic mass is 10.0. The summed E-state index contributed by atoms with van der Waals surface area (Å²) in [5, 5.41) is 9.18. The Morgan fingerprint density at radius 3 is 2.55 bits per heavy atom. The number of methoxy groups -OCH3 is 1. The molecule has 0 aliphatic heterocycles. The van der Waals surface area contributed by atoms with Gasteiger partial charge in [-0.1, -0.05) is 6.92 Å². The Morgan fingerprint density at radius 1 is 1.45 bits per heavy atom. The Morgan fingerprint density at radius 2 is 2.10 bits per heavy atom. The molecule has 2 N–H and O–H groups in total. The molecule has 0 spiro atoms. The molecule has 0 saturated carbocycles. The number of esters is 1. The summed E-state index contributed by atoms with van der Waals surface area (Å²) in [7, 11) is 1.51. The van der Waals surface area contributed by atoms with Crippen molar-refractivity contribution in [1.82, 2.24) is 0 Å². The van der Waals surface area contributed by atoms with Crippen LogP contribution in [0.1, 0.15) is 29.8 Å². The van der Waals surface area contributed by atoms with E-state index in [9.17, 15) is 10.2 Å². The molecule has 0 unspecified atom stereocenters. The maximum Gasteiger partial charge on any atom is 0.408 e. The molecule has 0 bridgehead atoms. The highest BCUT2D eigenvalue weighted by molar-refractivity contribution is 7.99. The van der Waals surface area contributed by atoms with Crippen molar-refractivity contribution >= 4 is 29.1 Å². The number of rotatable bonds is 5. The van der Waals surface area contributed by atoms with E-state index in [0.717, 1.165) is 5.75 Å². The second-order valence-electron chi connectivity index (χ2n) is 3.88. The van der Waals surface area contributed by atoms with E-state index in [1.807, 2.05) is 6.92 Å². The summed E-state index contributed by atoms with van der Waals surface area (Å²) < 4.78 is 10.3. The van der Waals surface area contributed by atoms with E-state index in [1.165, 1.54) is 18.9 Å². The van der Waals surface area contributed by atoms with Gasteiger partial charge in [-0.2, -0.15) is 0 Å². The highest BCUT2D eigenvalue weighted by Crippen LogP contribution is 2.45. The van der Waals surface area contributed by atoms with Crippen LogP contribution in [0.5, 0.6) is 5.75 Å². The monoisotopic (exact) mass is 296 g/mol. The van der Waals surface area contributed by atoms with Crippen LogP contribution in [-0.2, 0) is 4.74 Å². The molecular weight excluding hydrogens is 278 g/mol. The zero-order valence-corrected chi connectivity index (χ0v) is 12.8. The minimum Gasteiger partial charge on any atom is -0.495 e. The van der Waals surface area contributed by atoms with Gasteiger partial charge in [0.1, 0.15) is 5.75 Å². The minimum atomic E-state index is -0.610. The molecule has 108 valence electrons. The normalized spacial score (nSPS) is 9.95. The number of nitrogens with two attached hydrogens (primary N) is 1. The van der Waals surface area contributed by atoms with Gasteiger partial charge in [-0.25, -0.2) is 4.79 Å². The van der Waals surface area contributed by atoms with Gasteiger partial charge in [0, 0.05) is 0 Å².